The molecule has 0 aromatic rings. The number of fused-ring (bicyclic) bond motifs is 1. The van der Waals surface area contributed by atoms with Crippen LogP contribution in [0.1, 0.15) is 46.5 Å². The number of hydrogen-bond acceptors (Lipinski definition) is 3. The third kappa shape index (κ3) is 1.57. The number of hydrogen-bond donors (Lipinski definition) is 0. The van der Waals surface area contributed by atoms with Crippen LogP contribution in [0.3, 0.4) is 0 Å². The van der Waals surface area contributed by atoms with Crippen LogP contribution in [-0.4, -0.2) is 22.3 Å². The van der Waals surface area contributed by atoms with Crippen LogP contribution in [0.2, 0.25) is 0 Å². The molecule has 1 saturated heterocycles. The lowest BCUT2D eigenvalue weighted by Crippen LogP contribution is -2.51. The van der Waals surface area contributed by atoms with E-state index in [9.17, 15) is 14.9 Å². The normalized spacial score (nSPS) is 31.7. The van der Waals surface area contributed by atoms with Gasteiger partial charge in [-0.15, -0.1) is 0 Å². The zero-order valence-corrected chi connectivity index (χ0v) is 11.3. The molecule has 1 aliphatic carbocycles. The zero-order valence-electron chi connectivity index (χ0n) is 11.3. The fourth-order valence-corrected chi connectivity index (χ4v) is 3.47. The van der Waals surface area contributed by atoms with Crippen molar-refractivity contribution in [2.75, 3.05) is 0 Å². The molecule has 98 valence electrons. The van der Waals surface area contributed by atoms with Gasteiger partial charge >= 0.3 is 0 Å². The lowest BCUT2D eigenvalue weighted by atomic mass is 9.92. The zero-order chi connectivity index (χ0) is 13.5. The Bertz CT molecular complexity index is 396. The molecule has 0 bridgehead atoms. The van der Waals surface area contributed by atoms with Gasteiger partial charge in [0, 0.05) is 0 Å². The summed E-state index contributed by atoms with van der Waals surface area (Å²) in [6.07, 6.45) is 2.60. The van der Waals surface area contributed by atoms with Crippen molar-refractivity contribution in [1.29, 1.82) is 5.26 Å². The average Bonchev–Trinajstić information content (AvgIpc) is 2.85. The molecule has 0 aromatic carbocycles. The standard InChI is InChI=1S/C14H20N2O2/c1-4-14(5-2,8-15)16-12(17)10-6-9(3)7-11(10)13(16)18/h9-11H,4-7H2,1-3H3. The molecule has 2 unspecified atom stereocenters. The molecule has 2 amide bonds. The van der Waals surface area contributed by atoms with Crippen LogP contribution in [0.5, 0.6) is 0 Å². The molecule has 2 aliphatic rings. The number of nitriles is 1. The van der Waals surface area contributed by atoms with Gasteiger partial charge in [-0.05, 0) is 31.6 Å². The van der Waals surface area contributed by atoms with Crippen molar-refractivity contribution in [2.24, 2.45) is 17.8 Å². The van der Waals surface area contributed by atoms with Crippen molar-refractivity contribution in [2.45, 2.75) is 52.0 Å². The molecule has 0 radical (unpaired) electrons. The Morgan fingerprint density at radius 3 is 2.00 bits per heavy atom. The highest BCUT2D eigenvalue weighted by molar-refractivity contribution is 6.06. The van der Waals surface area contributed by atoms with E-state index in [1.165, 1.54) is 4.90 Å². The molecule has 2 rings (SSSR count). The summed E-state index contributed by atoms with van der Waals surface area (Å²) in [4.78, 5) is 26.1. The third-order valence-electron chi connectivity index (χ3n) is 4.68. The molecular weight excluding hydrogens is 228 g/mol. The minimum absolute atomic E-state index is 0.111. The molecule has 1 heterocycles. The molecule has 1 saturated carbocycles. The van der Waals surface area contributed by atoms with Crippen LogP contribution in [-0.2, 0) is 9.59 Å². The van der Waals surface area contributed by atoms with Crippen LogP contribution in [0, 0.1) is 29.1 Å². The first-order valence-electron chi connectivity index (χ1n) is 6.80. The maximum absolute atomic E-state index is 12.4. The Hall–Kier alpha value is -1.37. The predicted molar refractivity (Wildman–Crippen MR) is 66.2 cm³/mol. The Balaban J connectivity index is 2.35. The van der Waals surface area contributed by atoms with Gasteiger partial charge in [0.25, 0.3) is 0 Å². The Labute approximate surface area is 108 Å². The van der Waals surface area contributed by atoms with Crippen molar-refractivity contribution in [3.8, 4) is 6.07 Å². The van der Waals surface area contributed by atoms with E-state index in [1.807, 2.05) is 13.8 Å². The van der Waals surface area contributed by atoms with E-state index in [1.54, 1.807) is 0 Å². The van der Waals surface area contributed by atoms with E-state index in [4.69, 9.17) is 0 Å². The maximum atomic E-state index is 12.4. The molecular formula is C14H20N2O2. The van der Waals surface area contributed by atoms with Gasteiger partial charge < -0.3 is 0 Å². The van der Waals surface area contributed by atoms with E-state index in [-0.39, 0.29) is 23.7 Å². The molecule has 4 heteroatoms. The topological polar surface area (TPSA) is 61.2 Å². The summed E-state index contributed by atoms with van der Waals surface area (Å²) in [5.74, 6) is -0.120. The number of rotatable bonds is 3. The fraction of sp³-hybridized carbons (Fsp3) is 0.786. The summed E-state index contributed by atoms with van der Waals surface area (Å²) >= 11 is 0. The summed E-state index contributed by atoms with van der Waals surface area (Å²) in [5.41, 5.74) is -0.929. The SMILES string of the molecule is CCC(C#N)(CC)N1C(=O)C2CC(C)CC2C1=O. The lowest BCUT2D eigenvalue weighted by molar-refractivity contribution is -0.146. The number of amides is 2. The van der Waals surface area contributed by atoms with E-state index in [2.05, 4.69) is 13.0 Å². The molecule has 2 atom stereocenters. The van der Waals surface area contributed by atoms with Crippen molar-refractivity contribution in [1.82, 2.24) is 4.90 Å². The molecule has 4 nitrogen and oxygen atoms in total. The smallest absolute Gasteiger partial charge is 0.234 e. The van der Waals surface area contributed by atoms with Crippen LogP contribution in [0.25, 0.3) is 0 Å². The maximum Gasteiger partial charge on any atom is 0.234 e. The van der Waals surface area contributed by atoms with E-state index >= 15 is 0 Å². The van der Waals surface area contributed by atoms with Gasteiger partial charge in [-0.1, -0.05) is 20.8 Å². The third-order valence-corrected chi connectivity index (χ3v) is 4.68. The number of imide groups is 1. The summed E-state index contributed by atoms with van der Waals surface area (Å²) in [6, 6.07) is 2.20. The fourth-order valence-electron chi connectivity index (χ4n) is 3.47. The van der Waals surface area contributed by atoms with E-state index in [0.717, 1.165) is 12.8 Å². The summed E-state index contributed by atoms with van der Waals surface area (Å²) in [6.45, 7) is 5.81. The highest BCUT2D eigenvalue weighted by Crippen LogP contribution is 2.45. The highest BCUT2D eigenvalue weighted by atomic mass is 16.2. The molecule has 0 N–H and O–H groups in total. The second-order valence-electron chi connectivity index (χ2n) is 5.65. The monoisotopic (exact) mass is 248 g/mol. The van der Waals surface area contributed by atoms with Crippen LogP contribution in [0.4, 0.5) is 0 Å². The van der Waals surface area contributed by atoms with Crippen molar-refractivity contribution < 1.29 is 9.59 Å². The summed E-state index contributed by atoms with van der Waals surface area (Å²) < 4.78 is 0. The largest absolute Gasteiger partial charge is 0.274 e. The molecule has 2 fully saturated rings. The summed E-state index contributed by atoms with van der Waals surface area (Å²) in [7, 11) is 0. The average molecular weight is 248 g/mol. The predicted octanol–water partition coefficient (Wildman–Crippen LogP) is 2.10. The first kappa shape index (κ1) is 13.1. The molecule has 1 aliphatic heterocycles. The van der Waals surface area contributed by atoms with Crippen LogP contribution >= 0.6 is 0 Å². The van der Waals surface area contributed by atoms with Gasteiger partial charge in [-0.2, -0.15) is 5.26 Å². The van der Waals surface area contributed by atoms with Gasteiger partial charge in [0.2, 0.25) is 11.8 Å². The highest BCUT2D eigenvalue weighted by Gasteiger charge is 2.57. The quantitative estimate of drug-likeness (QED) is 0.718. The molecule has 0 aromatic heterocycles. The molecule has 18 heavy (non-hydrogen) atoms. The first-order valence-corrected chi connectivity index (χ1v) is 6.80. The van der Waals surface area contributed by atoms with Crippen molar-refractivity contribution in [3.05, 3.63) is 0 Å². The first-order chi connectivity index (χ1) is 8.50. The number of carbonyl (C=O) groups excluding carboxylic acids is 2. The summed E-state index contributed by atoms with van der Waals surface area (Å²) in [5, 5.41) is 9.39. The van der Waals surface area contributed by atoms with Gasteiger partial charge in [0.1, 0.15) is 5.54 Å². The van der Waals surface area contributed by atoms with Crippen molar-refractivity contribution >= 4 is 11.8 Å². The van der Waals surface area contributed by atoms with Gasteiger partial charge in [0.15, 0.2) is 0 Å². The minimum atomic E-state index is -0.929. The van der Waals surface area contributed by atoms with Gasteiger partial charge in [-0.3, -0.25) is 14.5 Å². The van der Waals surface area contributed by atoms with E-state index < -0.39 is 5.54 Å². The van der Waals surface area contributed by atoms with Crippen LogP contribution < -0.4 is 0 Å². The minimum Gasteiger partial charge on any atom is -0.274 e. The number of likely N-dealkylation sites (tertiary alicyclic amines) is 1. The van der Waals surface area contributed by atoms with Gasteiger partial charge in [0.05, 0.1) is 17.9 Å². The van der Waals surface area contributed by atoms with Crippen LogP contribution in [0.15, 0.2) is 0 Å². The number of nitrogens with zero attached hydrogens (tertiary/aromatic N) is 2. The van der Waals surface area contributed by atoms with Gasteiger partial charge in [-0.25, -0.2) is 0 Å². The second kappa shape index (κ2) is 4.38. The van der Waals surface area contributed by atoms with Crippen molar-refractivity contribution in [3.63, 3.8) is 0 Å². The number of carbonyl (C=O) groups is 2. The Morgan fingerprint density at radius 2 is 1.67 bits per heavy atom. The molecule has 0 spiro atoms. The second-order valence-corrected chi connectivity index (χ2v) is 5.65. The Kier molecular flexibility index (Phi) is 3.18. The van der Waals surface area contributed by atoms with E-state index in [0.29, 0.717) is 18.8 Å². The Morgan fingerprint density at radius 1 is 1.22 bits per heavy atom. The lowest BCUT2D eigenvalue weighted by Gasteiger charge is -2.33.